The topological polar surface area (TPSA) is 85.2 Å². The lowest BCUT2D eigenvalue weighted by atomic mass is 10.0. The largest absolute Gasteiger partial charge is 0.472 e. The van der Waals surface area contributed by atoms with Crippen molar-refractivity contribution in [3.8, 4) is 0 Å². The maximum atomic E-state index is 11.8. The van der Waals surface area contributed by atoms with Gasteiger partial charge in [0.2, 0.25) is 0 Å². The third-order valence-corrected chi connectivity index (χ3v) is 6.56. The fourth-order valence-electron chi connectivity index (χ4n) is 3.41. The van der Waals surface area contributed by atoms with Crippen molar-refractivity contribution in [3.63, 3.8) is 0 Å². The first-order chi connectivity index (χ1) is 16.2. The van der Waals surface area contributed by atoms with E-state index in [1.54, 1.807) is 0 Å². The predicted octanol–water partition coefficient (Wildman–Crippen LogP) is 6.24. The Morgan fingerprint density at radius 3 is 1.85 bits per heavy atom. The van der Waals surface area contributed by atoms with E-state index < -0.39 is 13.9 Å². The normalized spacial score (nSPS) is 15.1. The number of phosphoric ester groups is 1. The Labute approximate surface area is 210 Å². The van der Waals surface area contributed by atoms with Gasteiger partial charge in [-0.25, -0.2) is 4.57 Å². The van der Waals surface area contributed by atoms with Crippen LogP contribution in [0.1, 0.15) is 96.8 Å². The molecule has 2 atom stereocenters. The summed E-state index contributed by atoms with van der Waals surface area (Å²) in [6.45, 7) is 3.21. The van der Waals surface area contributed by atoms with Crippen LogP contribution in [0.25, 0.3) is 0 Å². The molecule has 0 radical (unpaired) electrons. The summed E-state index contributed by atoms with van der Waals surface area (Å²) in [6.07, 6.45) is 21.7. The van der Waals surface area contributed by atoms with Crippen LogP contribution >= 0.6 is 7.82 Å². The predicted molar refractivity (Wildman–Crippen MR) is 141 cm³/mol. The first-order valence-electron chi connectivity index (χ1n) is 13.5. The van der Waals surface area contributed by atoms with E-state index in [0.717, 1.165) is 12.8 Å². The maximum Gasteiger partial charge on any atom is 0.472 e. The van der Waals surface area contributed by atoms with Gasteiger partial charge in [-0.05, 0) is 19.3 Å². The van der Waals surface area contributed by atoms with Crippen LogP contribution in [0.3, 0.4) is 0 Å². The lowest BCUT2D eigenvalue weighted by Gasteiger charge is -2.24. The average Bonchev–Trinajstić information content (AvgIpc) is 2.76. The monoisotopic (exact) mass is 508 g/mol. The molecule has 0 aromatic rings. The summed E-state index contributed by atoms with van der Waals surface area (Å²) in [5.41, 5.74) is 0. The molecule has 0 aromatic heterocycles. The Kier molecular flexibility index (Phi) is 21.8. The number of rotatable bonds is 25. The Bertz CT molecular complexity index is 524. The number of unbranched alkanes of at least 4 members (excludes halogenated alkanes) is 12. The minimum atomic E-state index is -4.15. The highest BCUT2D eigenvalue weighted by Gasteiger charge is 2.24. The highest BCUT2D eigenvalue weighted by molar-refractivity contribution is 7.47. The number of quaternary nitrogens is 1. The van der Waals surface area contributed by atoms with E-state index in [1.807, 2.05) is 21.1 Å². The van der Waals surface area contributed by atoms with E-state index in [9.17, 15) is 14.6 Å². The number of hydrogen-bond donors (Lipinski definition) is 2. The first kappa shape index (κ1) is 33.7. The molecule has 7 nitrogen and oxygen atoms in total. The van der Waals surface area contributed by atoms with Crippen molar-refractivity contribution in [2.24, 2.45) is 0 Å². The highest BCUT2D eigenvalue weighted by Crippen LogP contribution is 2.43. The second-order valence-corrected chi connectivity index (χ2v) is 11.7. The number of nitrogens with zero attached hydrogens (tertiary/aromatic N) is 1. The molecule has 0 aliphatic heterocycles. The van der Waals surface area contributed by atoms with Gasteiger partial charge in [0.25, 0.3) is 0 Å². The molecule has 0 bridgehead atoms. The van der Waals surface area contributed by atoms with Crippen LogP contribution in [-0.2, 0) is 18.3 Å². The van der Waals surface area contributed by atoms with Gasteiger partial charge in [-0.2, -0.15) is 0 Å². The summed E-state index contributed by atoms with van der Waals surface area (Å²) in [4.78, 5) is 9.63. The number of likely N-dealkylation sites (N-methyl/N-ethyl adjacent to an activating group) is 1. The lowest BCUT2D eigenvalue weighted by Crippen LogP contribution is -2.37. The Hall–Kier alpha value is -0.270. The SMILES string of the molecule is CCCCCCCCCCCCCCC=CCCOC[C@@H](O)COP(=O)(O)OCC[N+](C)(C)C. The van der Waals surface area contributed by atoms with E-state index in [1.165, 1.54) is 77.0 Å². The summed E-state index contributed by atoms with van der Waals surface area (Å²) >= 11 is 0. The molecule has 0 aliphatic carbocycles. The standard InChI is InChI=1S/C26H54NO6P/c1-5-6-7-8-9-10-11-12-13-14-15-16-17-18-19-20-22-31-24-26(28)25-33-34(29,30)32-23-21-27(2,3)4/h18-19,26,28H,5-17,20-25H2,1-4H3/p+1/t26-/m1/s1. The van der Waals surface area contributed by atoms with Gasteiger partial charge in [-0.3, -0.25) is 9.05 Å². The van der Waals surface area contributed by atoms with E-state index in [2.05, 4.69) is 19.1 Å². The molecular weight excluding hydrogens is 453 g/mol. The summed E-state index contributed by atoms with van der Waals surface area (Å²) < 4.78 is 27.6. The van der Waals surface area contributed by atoms with Crippen molar-refractivity contribution >= 4 is 7.82 Å². The van der Waals surface area contributed by atoms with E-state index in [-0.39, 0.29) is 19.8 Å². The molecule has 0 fully saturated rings. The zero-order valence-electron chi connectivity index (χ0n) is 22.6. The molecule has 2 N–H and O–H groups in total. The smallest absolute Gasteiger partial charge is 0.388 e. The molecule has 8 heteroatoms. The van der Waals surface area contributed by atoms with Crippen molar-refractivity contribution in [1.29, 1.82) is 0 Å². The summed E-state index contributed by atoms with van der Waals surface area (Å²) in [6, 6.07) is 0. The summed E-state index contributed by atoms with van der Waals surface area (Å²) in [7, 11) is 1.73. The van der Waals surface area contributed by atoms with Gasteiger partial charge < -0.3 is 19.2 Å². The molecule has 1 unspecified atom stereocenters. The number of aliphatic hydroxyl groups excluding tert-OH is 1. The molecule has 0 amide bonds. The Balaban J connectivity index is 3.46. The van der Waals surface area contributed by atoms with Gasteiger partial charge in [-0.1, -0.05) is 89.7 Å². The van der Waals surface area contributed by atoms with Gasteiger partial charge in [0.15, 0.2) is 0 Å². The molecule has 0 aliphatic rings. The van der Waals surface area contributed by atoms with Crippen molar-refractivity contribution in [2.75, 3.05) is 54.1 Å². The molecule has 0 saturated carbocycles. The Morgan fingerprint density at radius 2 is 1.29 bits per heavy atom. The quantitative estimate of drug-likeness (QED) is 0.0657. The number of allylic oxidation sites excluding steroid dienone is 1. The summed E-state index contributed by atoms with van der Waals surface area (Å²) in [5.74, 6) is 0. The van der Waals surface area contributed by atoms with Crippen molar-refractivity contribution in [1.82, 2.24) is 0 Å². The molecule has 0 spiro atoms. The number of aliphatic hydroxyl groups is 1. The van der Waals surface area contributed by atoms with E-state index in [4.69, 9.17) is 13.8 Å². The fraction of sp³-hybridized carbons (Fsp3) is 0.923. The van der Waals surface area contributed by atoms with E-state index in [0.29, 0.717) is 17.6 Å². The second kappa shape index (κ2) is 22.0. The van der Waals surface area contributed by atoms with Gasteiger partial charge in [0.1, 0.15) is 19.3 Å². The van der Waals surface area contributed by atoms with Crippen LogP contribution in [0, 0.1) is 0 Å². The average molecular weight is 509 g/mol. The summed E-state index contributed by atoms with van der Waals surface area (Å²) in [5, 5.41) is 9.84. The molecule has 34 heavy (non-hydrogen) atoms. The molecule has 0 saturated heterocycles. The first-order valence-corrected chi connectivity index (χ1v) is 15.0. The molecule has 0 aromatic carbocycles. The maximum absolute atomic E-state index is 11.8. The van der Waals surface area contributed by atoms with Crippen LogP contribution in [0.4, 0.5) is 0 Å². The molecule has 0 heterocycles. The highest BCUT2D eigenvalue weighted by atomic mass is 31.2. The van der Waals surface area contributed by atoms with Crippen molar-refractivity contribution in [3.05, 3.63) is 12.2 Å². The number of hydrogen-bond acceptors (Lipinski definition) is 5. The van der Waals surface area contributed by atoms with Crippen LogP contribution in [0.5, 0.6) is 0 Å². The second-order valence-electron chi connectivity index (χ2n) is 10.3. The Morgan fingerprint density at radius 1 is 0.765 bits per heavy atom. The fourth-order valence-corrected chi connectivity index (χ4v) is 4.15. The van der Waals surface area contributed by atoms with Crippen LogP contribution in [0.15, 0.2) is 12.2 Å². The minimum absolute atomic E-state index is 0.0610. The zero-order chi connectivity index (χ0) is 25.5. The van der Waals surface area contributed by atoms with Crippen molar-refractivity contribution < 1.29 is 32.8 Å². The third kappa shape index (κ3) is 26.3. The van der Waals surface area contributed by atoms with E-state index >= 15 is 0 Å². The third-order valence-electron chi connectivity index (χ3n) is 5.58. The van der Waals surface area contributed by atoms with Gasteiger partial charge in [0, 0.05) is 0 Å². The van der Waals surface area contributed by atoms with Crippen LogP contribution < -0.4 is 0 Å². The number of ether oxygens (including phenoxy) is 1. The minimum Gasteiger partial charge on any atom is -0.388 e. The van der Waals surface area contributed by atoms with Crippen molar-refractivity contribution in [2.45, 2.75) is 103 Å². The van der Waals surface area contributed by atoms with Crippen LogP contribution in [0.2, 0.25) is 0 Å². The zero-order valence-corrected chi connectivity index (χ0v) is 23.5. The van der Waals surface area contributed by atoms with Gasteiger partial charge >= 0.3 is 7.82 Å². The molecular formula is C26H55NO6P+. The van der Waals surface area contributed by atoms with Gasteiger partial charge in [-0.15, -0.1) is 0 Å². The number of phosphoric acid groups is 1. The van der Waals surface area contributed by atoms with Crippen LogP contribution in [-0.4, -0.2) is 74.7 Å². The molecule has 0 rings (SSSR count). The molecule has 204 valence electrons. The van der Waals surface area contributed by atoms with Gasteiger partial charge in [0.05, 0.1) is 41.0 Å². The lowest BCUT2D eigenvalue weighted by molar-refractivity contribution is -0.870.